The maximum Gasteiger partial charge on any atom is 0.126 e. The Hall–Kier alpha value is -1.19. The zero-order valence-corrected chi connectivity index (χ0v) is 8.93. The lowest BCUT2D eigenvalue weighted by molar-refractivity contribution is 0.285. The Morgan fingerprint density at radius 1 is 1.27 bits per heavy atom. The molecule has 1 aromatic carbocycles. The zero-order chi connectivity index (χ0) is 10.7. The molecule has 78 valence electrons. The molecule has 2 rings (SSSR count). The molecule has 0 aliphatic carbocycles. The lowest BCUT2D eigenvalue weighted by Crippen LogP contribution is -1.90. The second-order valence-electron chi connectivity index (χ2n) is 3.35. The maximum atomic E-state index is 13.3. The van der Waals surface area contributed by atoms with E-state index in [0.717, 1.165) is 10.4 Å². The first-order chi connectivity index (χ1) is 7.29. The highest BCUT2D eigenvalue weighted by atomic mass is 32.1. The number of aliphatic hydroxyl groups is 1. The van der Waals surface area contributed by atoms with E-state index in [2.05, 4.69) is 0 Å². The SMILES string of the molecule is OCc1cc(Cc2ccccc2F)cs1. The van der Waals surface area contributed by atoms with Crippen molar-refractivity contribution in [3.63, 3.8) is 0 Å². The zero-order valence-electron chi connectivity index (χ0n) is 8.11. The fourth-order valence-electron chi connectivity index (χ4n) is 1.46. The van der Waals surface area contributed by atoms with Crippen molar-refractivity contribution < 1.29 is 9.50 Å². The van der Waals surface area contributed by atoms with Crippen LogP contribution in [0.5, 0.6) is 0 Å². The Bertz CT molecular complexity index is 450. The second kappa shape index (κ2) is 4.55. The van der Waals surface area contributed by atoms with Crippen molar-refractivity contribution in [2.24, 2.45) is 0 Å². The van der Waals surface area contributed by atoms with Crippen LogP contribution in [0.2, 0.25) is 0 Å². The Morgan fingerprint density at radius 2 is 2.07 bits per heavy atom. The van der Waals surface area contributed by atoms with Crippen molar-refractivity contribution in [3.05, 3.63) is 57.5 Å². The van der Waals surface area contributed by atoms with E-state index in [0.29, 0.717) is 12.0 Å². The number of halogens is 1. The molecule has 1 heterocycles. The third-order valence-electron chi connectivity index (χ3n) is 2.22. The van der Waals surface area contributed by atoms with Crippen LogP contribution >= 0.6 is 11.3 Å². The van der Waals surface area contributed by atoms with E-state index in [9.17, 15) is 4.39 Å². The number of aliphatic hydroxyl groups excluding tert-OH is 1. The van der Waals surface area contributed by atoms with Crippen molar-refractivity contribution >= 4 is 11.3 Å². The monoisotopic (exact) mass is 222 g/mol. The van der Waals surface area contributed by atoms with Gasteiger partial charge in [-0.3, -0.25) is 0 Å². The Labute approximate surface area is 91.8 Å². The summed E-state index contributed by atoms with van der Waals surface area (Å²) in [7, 11) is 0. The summed E-state index contributed by atoms with van der Waals surface area (Å²) in [5.74, 6) is -0.172. The molecule has 0 saturated carbocycles. The summed E-state index contributed by atoms with van der Waals surface area (Å²) in [6.07, 6.45) is 0.586. The van der Waals surface area contributed by atoms with Gasteiger partial charge in [0.2, 0.25) is 0 Å². The fourth-order valence-corrected chi connectivity index (χ4v) is 2.21. The smallest absolute Gasteiger partial charge is 0.126 e. The van der Waals surface area contributed by atoms with Gasteiger partial charge >= 0.3 is 0 Å². The molecule has 0 saturated heterocycles. The van der Waals surface area contributed by atoms with Crippen LogP contribution in [-0.2, 0) is 13.0 Å². The highest BCUT2D eigenvalue weighted by Gasteiger charge is 2.04. The average molecular weight is 222 g/mol. The van der Waals surface area contributed by atoms with Crippen LogP contribution in [0.15, 0.2) is 35.7 Å². The van der Waals surface area contributed by atoms with Gasteiger partial charge in [0.1, 0.15) is 5.82 Å². The normalized spacial score (nSPS) is 10.5. The molecule has 1 N–H and O–H groups in total. The van der Waals surface area contributed by atoms with Gasteiger partial charge in [0.05, 0.1) is 6.61 Å². The van der Waals surface area contributed by atoms with E-state index in [1.165, 1.54) is 17.4 Å². The third kappa shape index (κ3) is 2.43. The highest BCUT2D eigenvalue weighted by molar-refractivity contribution is 7.10. The third-order valence-corrected chi connectivity index (χ3v) is 3.19. The van der Waals surface area contributed by atoms with E-state index in [1.807, 2.05) is 17.5 Å². The van der Waals surface area contributed by atoms with Gasteiger partial charge in [0, 0.05) is 11.3 Å². The number of hydrogen-bond acceptors (Lipinski definition) is 2. The van der Waals surface area contributed by atoms with Crippen LogP contribution in [-0.4, -0.2) is 5.11 Å². The summed E-state index contributed by atoms with van der Waals surface area (Å²) in [5.41, 5.74) is 1.74. The predicted octanol–water partition coefficient (Wildman–Crippen LogP) is 2.97. The summed E-state index contributed by atoms with van der Waals surface area (Å²) in [6.45, 7) is 0.0575. The van der Waals surface area contributed by atoms with E-state index in [4.69, 9.17) is 5.11 Å². The lowest BCUT2D eigenvalue weighted by atomic mass is 10.1. The summed E-state index contributed by atoms with van der Waals surface area (Å²) in [4.78, 5) is 0.918. The number of thiophene rings is 1. The molecule has 15 heavy (non-hydrogen) atoms. The average Bonchev–Trinajstić information content (AvgIpc) is 2.69. The minimum Gasteiger partial charge on any atom is -0.391 e. The highest BCUT2D eigenvalue weighted by Crippen LogP contribution is 2.19. The van der Waals surface area contributed by atoms with E-state index >= 15 is 0 Å². The van der Waals surface area contributed by atoms with E-state index in [-0.39, 0.29) is 12.4 Å². The standard InChI is InChI=1S/C12H11FOS/c13-12-4-2-1-3-10(12)5-9-6-11(7-14)15-8-9/h1-4,6,8,14H,5,7H2. The number of rotatable bonds is 3. The van der Waals surface area contributed by atoms with E-state index < -0.39 is 0 Å². The number of hydrogen-bond donors (Lipinski definition) is 1. The largest absolute Gasteiger partial charge is 0.391 e. The van der Waals surface area contributed by atoms with Gasteiger partial charge in [-0.05, 0) is 28.6 Å². The molecule has 0 spiro atoms. The molecule has 0 aliphatic rings. The molecule has 2 aromatic rings. The van der Waals surface area contributed by atoms with Crippen LogP contribution in [0, 0.1) is 5.82 Å². The van der Waals surface area contributed by atoms with Gasteiger partial charge in [0.25, 0.3) is 0 Å². The van der Waals surface area contributed by atoms with Crippen molar-refractivity contribution in [3.8, 4) is 0 Å². The molecule has 0 unspecified atom stereocenters. The Kier molecular flexibility index (Phi) is 3.14. The molecule has 3 heteroatoms. The predicted molar refractivity (Wildman–Crippen MR) is 59.4 cm³/mol. The van der Waals surface area contributed by atoms with Gasteiger partial charge in [-0.15, -0.1) is 11.3 Å². The maximum absolute atomic E-state index is 13.3. The molecular formula is C12H11FOS. The van der Waals surface area contributed by atoms with Crippen LogP contribution in [0.25, 0.3) is 0 Å². The quantitative estimate of drug-likeness (QED) is 0.846. The summed E-state index contributed by atoms with van der Waals surface area (Å²) >= 11 is 1.50. The van der Waals surface area contributed by atoms with E-state index in [1.54, 1.807) is 12.1 Å². The molecule has 0 radical (unpaired) electrons. The van der Waals surface area contributed by atoms with Crippen LogP contribution in [0.3, 0.4) is 0 Å². The van der Waals surface area contributed by atoms with Crippen molar-refractivity contribution in [2.45, 2.75) is 13.0 Å². The van der Waals surface area contributed by atoms with Crippen molar-refractivity contribution in [1.29, 1.82) is 0 Å². The Morgan fingerprint density at radius 3 is 2.73 bits per heavy atom. The lowest BCUT2D eigenvalue weighted by Gasteiger charge is -1.99. The molecule has 1 aromatic heterocycles. The summed E-state index contributed by atoms with van der Waals surface area (Å²) in [6, 6.07) is 8.68. The summed E-state index contributed by atoms with van der Waals surface area (Å²) < 4.78 is 13.3. The van der Waals surface area contributed by atoms with Crippen LogP contribution in [0.4, 0.5) is 4.39 Å². The Balaban J connectivity index is 2.18. The molecule has 0 bridgehead atoms. The summed E-state index contributed by atoms with van der Waals surface area (Å²) in [5, 5.41) is 10.9. The first kappa shape index (κ1) is 10.3. The first-order valence-corrected chi connectivity index (χ1v) is 5.58. The van der Waals surface area contributed by atoms with Gasteiger partial charge in [-0.2, -0.15) is 0 Å². The minimum atomic E-state index is -0.172. The molecule has 0 amide bonds. The minimum absolute atomic E-state index is 0.0575. The van der Waals surface area contributed by atoms with Gasteiger partial charge in [0.15, 0.2) is 0 Å². The van der Waals surface area contributed by atoms with Gasteiger partial charge < -0.3 is 5.11 Å². The van der Waals surface area contributed by atoms with Gasteiger partial charge in [-0.25, -0.2) is 4.39 Å². The van der Waals surface area contributed by atoms with Gasteiger partial charge in [-0.1, -0.05) is 18.2 Å². The molecule has 0 fully saturated rings. The molecule has 1 nitrogen and oxygen atoms in total. The topological polar surface area (TPSA) is 20.2 Å². The van der Waals surface area contributed by atoms with Crippen LogP contribution in [0.1, 0.15) is 16.0 Å². The fraction of sp³-hybridized carbons (Fsp3) is 0.167. The number of benzene rings is 1. The molecule has 0 aliphatic heterocycles. The molecular weight excluding hydrogens is 211 g/mol. The molecule has 0 atom stereocenters. The first-order valence-electron chi connectivity index (χ1n) is 4.70. The van der Waals surface area contributed by atoms with Crippen molar-refractivity contribution in [2.75, 3.05) is 0 Å². The van der Waals surface area contributed by atoms with Crippen LogP contribution < -0.4 is 0 Å². The second-order valence-corrected chi connectivity index (χ2v) is 4.34. The van der Waals surface area contributed by atoms with Crippen molar-refractivity contribution in [1.82, 2.24) is 0 Å².